The van der Waals surface area contributed by atoms with Gasteiger partial charge in [0.05, 0.1) is 6.73 Å². The summed E-state index contributed by atoms with van der Waals surface area (Å²) in [4.78, 5) is 7.04. The molecule has 0 amide bonds. The van der Waals surface area contributed by atoms with Crippen LogP contribution in [0, 0.1) is 5.92 Å². The average molecular weight is 288 g/mol. The molecule has 1 aliphatic carbocycles. The van der Waals surface area contributed by atoms with Gasteiger partial charge in [0.15, 0.2) is 0 Å². The molecule has 19 heavy (non-hydrogen) atoms. The molecule has 0 bridgehead atoms. The second kappa shape index (κ2) is 10.8. The van der Waals surface area contributed by atoms with Crippen molar-refractivity contribution < 1.29 is 4.43 Å². The number of hydrogen-bond acceptors (Lipinski definition) is 4. The van der Waals surface area contributed by atoms with Crippen molar-refractivity contribution in [3.05, 3.63) is 0 Å². The summed E-state index contributed by atoms with van der Waals surface area (Å²) in [7, 11) is -1.42. The van der Waals surface area contributed by atoms with E-state index in [4.69, 9.17) is 4.43 Å². The van der Waals surface area contributed by atoms with Gasteiger partial charge in [0.25, 0.3) is 0 Å². The molecular formula is C14H33N3OSi. The lowest BCUT2D eigenvalue weighted by Crippen LogP contribution is -2.52. The van der Waals surface area contributed by atoms with E-state index in [1.807, 2.05) is 0 Å². The zero-order chi connectivity index (χ0) is 13.9. The Morgan fingerprint density at radius 2 is 1.68 bits per heavy atom. The Bertz CT molecular complexity index is 211. The van der Waals surface area contributed by atoms with Gasteiger partial charge in [-0.1, -0.05) is 33.6 Å². The highest BCUT2D eigenvalue weighted by Crippen LogP contribution is 2.23. The lowest BCUT2D eigenvalue weighted by molar-refractivity contribution is 0.200. The molecule has 0 heterocycles. The molecule has 0 radical (unpaired) electrons. The van der Waals surface area contributed by atoms with Crippen LogP contribution in [0.4, 0.5) is 0 Å². The van der Waals surface area contributed by atoms with Crippen LogP contribution >= 0.6 is 0 Å². The summed E-state index contributed by atoms with van der Waals surface area (Å²) >= 11 is 0. The maximum absolute atomic E-state index is 6.00. The Kier molecular flexibility index (Phi) is 9.72. The molecule has 0 aromatic carbocycles. The third kappa shape index (κ3) is 7.42. The Hall–Kier alpha value is 0.0569. The quantitative estimate of drug-likeness (QED) is 0.424. The van der Waals surface area contributed by atoms with Crippen molar-refractivity contribution in [3.8, 4) is 0 Å². The number of nitrogens with one attached hydrogen (secondary N) is 3. The Labute approximate surface area is 121 Å². The Balaban J connectivity index is 2.18. The highest BCUT2D eigenvalue weighted by Gasteiger charge is 2.21. The van der Waals surface area contributed by atoms with Crippen LogP contribution in [-0.2, 0) is 4.43 Å². The van der Waals surface area contributed by atoms with Crippen LogP contribution in [0.15, 0.2) is 0 Å². The van der Waals surface area contributed by atoms with Gasteiger partial charge >= 0.3 is 9.36 Å². The summed E-state index contributed by atoms with van der Waals surface area (Å²) in [5, 5.41) is 3.59. The third-order valence-electron chi connectivity index (χ3n) is 3.87. The fourth-order valence-electron chi connectivity index (χ4n) is 2.60. The van der Waals surface area contributed by atoms with Gasteiger partial charge in [0, 0.05) is 6.04 Å². The molecule has 0 aromatic rings. The smallest absolute Gasteiger partial charge is 0.336 e. The fourth-order valence-corrected chi connectivity index (χ4v) is 4.34. The minimum Gasteiger partial charge on any atom is -0.381 e. The Morgan fingerprint density at radius 1 is 1.05 bits per heavy atom. The van der Waals surface area contributed by atoms with E-state index in [-0.39, 0.29) is 0 Å². The number of rotatable bonds is 10. The summed E-state index contributed by atoms with van der Waals surface area (Å²) in [5.74, 6) is 0.796. The SMILES string of the molecule is CCCN[SiH](NCCC)OCNC1CCCCC1C. The summed E-state index contributed by atoms with van der Waals surface area (Å²) < 4.78 is 6.00. The molecule has 0 spiro atoms. The van der Waals surface area contributed by atoms with Crippen molar-refractivity contribution in [1.29, 1.82) is 0 Å². The van der Waals surface area contributed by atoms with Crippen LogP contribution in [0.25, 0.3) is 0 Å². The van der Waals surface area contributed by atoms with Gasteiger partial charge in [-0.3, -0.25) is 5.32 Å². The van der Waals surface area contributed by atoms with Crippen molar-refractivity contribution >= 4 is 9.36 Å². The highest BCUT2D eigenvalue weighted by atomic mass is 28.3. The van der Waals surface area contributed by atoms with Crippen LogP contribution in [0.5, 0.6) is 0 Å². The Morgan fingerprint density at radius 3 is 2.26 bits per heavy atom. The van der Waals surface area contributed by atoms with Crippen molar-refractivity contribution in [1.82, 2.24) is 15.3 Å². The first-order valence-electron chi connectivity index (χ1n) is 8.09. The van der Waals surface area contributed by atoms with E-state index in [0.717, 1.165) is 31.8 Å². The van der Waals surface area contributed by atoms with Crippen LogP contribution in [0.1, 0.15) is 59.3 Å². The standard InChI is InChI=1S/C14H33N3OSi/c1-4-10-16-19(17-11-5-2)18-12-15-14-9-7-6-8-13(14)3/h13-17,19H,4-12H2,1-3H3. The van der Waals surface area contributed by atoms with E-state index in [9.17, 15) is 0 Å². The highest BCUT2D eigenvalue weighted by molar-refractivity contribution is 6.45. The van der Waals surface area contributed by atoms with Crippen molar-refractivity contribution in [2.75, 3.05) is 19.8 Å². The van der Waals surface area contributed by atoms with Gasteiger partial charge in [-0.2, -0.15) is 0 Å². The summed E-state index contributed by atoms with van der Waals surface area (Å²) in [6.07, 6.45) is 7.75. The maximum atomic E-state index is 6.00. The molecule has 4 nitrogen and oxygen atoms in total. The normalized spacial score (nSPS) is 24.0. The van der Waals surface area contributed by atoms with E-state index in [1.54, 1.807) is 0 Å². The van der Waals surface area contributed by atoms with E-state index >= 15 is 0 Å². The van der Waals surface area contributed by atoms with E-state index in [2.05, 4.69) is 36.1 Å². The van der Waals surface area contributed by atoms with Gasteiger partial charge < -0.3 is 14.4 Å². The van der Waals surface area contributed by atoms with Crippen LogP contribution in [0.3, 0.4) is 0 Å². The molecule has 5 heteroatoms. The minimum atomic E-state index is -1.42. The van der Waals surface area contributed by atoms with Crippen LogP contribution in [0.2, 0.25) is 0 Å². The summed E-state index contributed by atoms with van der Waals surface area (Å²) in [6, 6.07) is 0.653. The lowest BCUT2D eigenvalue weighted by Gasteiger charge is -2.30. The van der Waals surface area contributed by atoms with Gasteiger partial charge in [0.1, 0.15) is 0 Å². The average Bonchev–Trinajstić information content (AvgIpc) is 2.43. The number of hydrogen-bond donors (Lipinski definition) is 3. The largest absolute Gasteiger partial charge is 0.381 e. The zero-order valence-corrected chi connectivity index (χ0v) is 14.2. The molecule has 1 rings (SSSR count). The second-order valence-corrected chi connectivity index (χ2v) is 7.58. The van der Waals surface area contributed by atoms with Gasteiger partial charge in [-0.15, -0.1) is 0 Å². The molecule has 1 saturated carbocycles. The molecule has 2 unspecified atom stereocenters. The van der Waals surface area contributed by atoms with Gasteiger partial charge in [-0.05, 0) is 44.7 Å². The first kappa shape index (κ1) is 17.1. The predicted molar refractivity (Wildman–Crippen MR) is 84.2 cm³/mol. The maximum Gasteiger partial charge on any atom is 0.336 e. The van der Waals surface area contributed by atoms with E-state index < -0.39 is 9.36 Å². The molecule has 3 N–H and O–H groups in total. The molecule has 0 saturated heterocycles. The van der Waals surface area contributed by atoms with E-state index in [0.29, 0.717) is 12.8 Å². The second-order valence-electron chi connectivity index (χ2n) is 5.67. The van der Waals surface area contributed by atoms with Crippen LogP contribution in [-0.4, -0.2) is 35.2 Å². The molecule has 1 aliphatic rings. The monoisotopic (exact) mass is 287 g/mol. The molecule has 0 aliphatic heterocycles. The molecular weight excluding hydrogens is 254 g/mol. The first-order chi connectivity index (χ1) is 9.27. The fraction of sp³-hybridized carbons (Fsp3) is 1.00. The molecule has 1 fully saturated rings. The summed E-state index contributed by atoms with van der Waals surface area (Å²) in [6.45, 7) is 9.54. The van der Waals surface area contributed by atoms with Crippen molar-refractivity contribution in [3.63, 3.8) is 0 Å². The van der Waals surface area contributed by atoms with Gasteiger partial charge in [-0.25, -0.2) is 0 Å². The van der Waals surface area contributed by atoms with E-state index in [1.165, 1.54) is 25.7 Å². The van der Waals surface area contributed by atoms with Crippen molar-refractivity contribution in [2.45, 2.75) is 65.3 Å². The lowest BCUT2D eigenvalue weighted by atomic mass is 9.86. The first-order valence-corrected chi connectivity index (χ1v) is 9.72. The summed E-state index contributed by atoms with van der Waals surface area (Å²) in [5.41, 5.74) is 0. The van der Waals surface area contributed by atoms with Crippen molar-refractivity contribution in [2.24, 2.45) is 5.92 Å². The molecule has 0 aromatic heterocycles. The third-order valence-corrected chi connectivity index (χ3v) is 5.69. The predicted octanol–water partition coefficient (Wildman–Crippen LogP) is 1.85. The topological polar surface area (TPSA) is 45.3 Å². The molecule has 2 atom stereocenters. The minimum absolute atomic E-state index is 0.653. The zero-order valence-electron chi connectivity index (χ0n) is 13.0. The molecule has 114 valence electrons. The van der Waals surface area contributed by atoms with Crippen LogP contribution < -0.4 is 15.3 Å². The van der Waals surface area contributed by atoms with Gasteiger partial charge in [0.2, 0.25) is 0 Å².